The number of nitrogens with zero attached hydrogens (tertiary/aromatic N) is 1. The van der Waals surface area contributed by atoms with Gasteiger partial charge in [-0.2, -0.15) is 0 Å². The Morgan fingerprint density at radius 1 is 1.80 bits per heavy atom. The fraction of sp³-hybridized carbons (Fsp3) is 0.286. The van der Waals surface area contributed by atoms with Crippen LogP contribution in [0.2, 0.25) is 0 Å². The van der Waals surface area contributed by atoms with Gasteiger partial charge in [-0.3, -0.25) is 0 Å². The van der Waals surface area contributed by atoms with E-state index in [1.165, 1.54) is 0 Å². The first-order valence-electron chi connectivity index (χ1n) is 3.12. The first kappa shape index (κ1) is 7.44. The van der Waals surface area contributed by atoms with E-state index in [1.54, 1.807) is 11.3 Å². The fourth-order valence-corrected chi connectivity index (χ4v) is 1.19. The number of thiazole rings is 1. The standard InChI is InChI=1S/C7H10N2S/c1-2-3-8-4-7-5-10-6-9-7/h2,5-6,8H,1,3-4H2. The molecule has 0 saturated heterocycles. The first-order chi connectivity index (χ1) is 4.93. The van der Waals surface area contributed by atoms with Gasteiger partial charge in [-0.15, -0.1) is 17.9 Å². The monoisotopic (exact) mass is 154 g/mol. The molecule has 3 heteroatoms. The number of hydrogen-bond acceptors (Lipinski definition) is 3. The summed E-state index contributed by atoms with van der Waals surface area (Å²) in [5.74, 6) is 0. The maximum Gasteiger partial charge on any atom is 0.0795 e. The van der Waals surface area contributed by atoms with Crippen molar-refractivity contribution in [3.63, 3.8) is 0 Å². The fourth-order valence-electron chi connectivity index (χ4n) is 0.627. The molecule has 0 atom stereocenters. The summed E-state index contributed by atoms with van der Waals surface area (Å²) < 4.78 is 0. The van der Waals surface area contributed by atoms with E-state index in [0.717, 1.165) is 18.8 Å². The Morgan fingerprint density at radius 2 is 2.70 bits per heavy atom. The second-order valence-electron chi connectivity index (χ2n) is 1.90. The molecule has 0 aliphatic carbocycles. The summed E-state index contributed by atoms with van der Waals surface area (Å²) in [4.78, 5) is 4.11. The number of rotatable bonds is 4. The summed E-state index contributed by atoms with van der Waals surface area (Å²) in [5, 5.41) is 5.20. The molecular weight excluding hydrogens is 144 g/mol. The van der Waals surface area contributed by atoms with Gasteiger partial charge in [0.2, 0.25) is 0 Å². The maximum absolute atomic E-state index is 4.11. The van der Waals surface area contributed by atoms with Gasteiger partial charge in [0.15, 0.2) is 0 Å². The van der Waals surface area contributed by atoms with E-state index in [9.17, 15) is 0 Å². The Labute approximate surface area is 64.6 Å². The highest BCUT2D eigenvalue weighted by molar-refractivity contribution is 7.07. The van der Waals surface area contributed by atoms with E-state index >= 15 is 0 Å². The highest BCUT2D eigenvalue weighted by atomic mass is 32.1. The van der Waals surface area contributed by atoms with E-state index in [2.05, 4.69) is 16.9 Å². The van der Waals surface area contributed by atoms with Gasteiger partial charge in [0.25, 0.3) is 0 Å². The second-order valence-corrected chi connectivity index (χ2v) is 2.62. The molecule has 0 spiro atoms. The van der Waals surface area contributed by atoms with Crippen LogP contribution in [-0.2, 0) is 6.54 Å². The molecule has 2 nitrogen and oxygen atoms in total. The molecule has 0 fully saturated rings. The zero-order valence-electron chi connectivity index (χ0n) is 5.71. The average Bonchev–Trinajstić information content (AvgIpc) is 2.41. The van der Waals surface area contributed by atoms with E-state index < -0.39 is 0 Å². The van der Waals surface area contributed by atoms with Crippen LogP contribution in [0.5, 0.6) is 0 Å². The third-order valence-electron chi connectivity index (χ3n) is 1.08. The average molecular weight is 154 g/mol. The van der Waals surface area contributed by atoms with Crippen LogP contribution >= 0.6 is 11.3 Å². The topological polar surface area (TPSA) is 24.9 Å². The maximum atomic E-state index is 4.11. The van der Waals surface area contributed by atoms with Gasteiger partial charge >= 0.3 is 0 Å². The molecule has 1 rings (SSSR count). The van der Waals surface area contributed by atoms with Crippen molar-refractivity contribution in [1.29, 1.82) is 0 Å². The van der Waals surface area contributed by atoms with E-state index in [-0.39, 0.29) is 0 Å². The molecule has 0 bridgehead atoms. The van der Waals surface area contributed by atoms with Crippen LogP contribution in [0.4, 0.5) is 0 Å². The molecular formula is C7H10N2S. The normalized spacial score (nSPS) is 9.60. The number of hydrogen-bond donors (Lipinski definition) is 1. The van der Waals surface area contributed by atoms with Crippen LogP contribution in [0.15, 0.2) is 23.5 Å². The molecule has 0 amide bonds. The van der Waals surface area contributed by atoms with Crippen molar-refractivity contribution in [2.24, 2.45) is 0 Å². The molecule has 0 saturated carbocycles. The van der Waals surface area contributed by atoms with Crippen LogP contribution in [0, 0.1) is 0 Å². The van der Waals surface area contributed by atoms with Gasteiger partial charge in [-0.05, 0) is 0 Å². The Balaban J connectivity index is 2.21. The van der Waals surface area contributed by atoms with Crippen LogP contribution in [-0.4, -0.2) is 11.5 Å². The predicted octanol–water partition coefficient (Wildman–Crippen LogP) is 1.42. The summed E-state index contributed by atoms with van der Waals surface area (Å²) in [6.45, 7) is 5.29. The number of aromatic nitrogens is 1. The molecule has 0 unspecified atom stereocenters. The van der Waals surface area contributed by atoms with Gasteiger partial charge in [0, 0.05) is 18.5 Å². The summed E-state index contributed by atoms with van der Waals surface area (Å²) in [5.41, 5.74) is 2.94. The van der Waals surface area contributed by atoms with E-state index in [4.69, 9.17) is 0 Å². The lowest BCUT2D eigenvalue weighted by Gasteiger charge is -1.94. The smallest absolute Gasteiger partial charge is 0.0795 e. The lowest BCUT2D eigenvalue weighted by molar-refractivity contribution is 0.745. The quantitative estimate of drug-likeness (QED) is 0.524. The summed E-state index contributed by atoms with van der Waals surface area (Å²) in [6.07, 6.45) is 1.84. The van der Waals surface area contributed by atoms with Crippen LogP contribution < -0.4 is 5.32 Å². The number of nitrogens with one attached hydrogen (secondary N) is 1. The molecule has 0 aromatic carbocycles. The lowest BCUT2D eigenvalue weighted by atomic mass is 10.5. The minimum absolute atomic E-state index is 0.843. The molecule has 1 N–H and O–H groups in total. The third-order valence-corrected chi connectivity index (χ3v) is 1.71. The third kappa shape index (κ3) is 2.29. The van der Waals surface area contributed by atoms with Crippen LogP contribution in [0.25, 0.3) is 0 Å². The minimum Gasteiger partial charge on any atom is -0.308 e. The largest absolute Gasteiger partial charge is 0.308 e. The van der Waals surface area contributed by atoms with Crippen molar-refractivity contribution in [2.45, 2.75) is 6.54 Å². The van der Waals surface area contributed by atoms with Crippen molar-refractivity contribution in [2.75, 3.05) is 6.54 Å². The summed E-state index contributed by atoms with van der Waals surface area (Å²) >= 11 is 1.62. The Bertz CT molecular complexity index is 181. The second kappa shape index (κ2) is 4.19. The zero-order valence-corrected chi connectivity index (χ0v) is 6.53. The van der Waals surface area contributed by atoms with Gasteiger partial charge in [0.1, 0.15) is 0 Å². The molecule has 0 aliphatic heterocycles. The highest BCUT2D eigenvalue weighted by Gasteiger charge is 1.90. The van der Waals surface area contributed by atoms with Crippen molar-refractivity contribution in [3.05, 3.63) is 29.2 Å². The first-order valence-corrected chi connectivity index (χ1v) is 4.06. The Morgan fingerprint density at radius 3 is 3.30 bits per heavy atom. The van der Waals surface area contributed by atoms with Crippen LogP contribution in [0.1, 0.15) is 5.69 Å². The van der Waals surface area contributed by atoms with E-state index in [0.29, 0.717) is 0 Å². The Kier molecular flexibility index (Phi) is 3.12. The van der Waals surface area contributed by atoms with Crippen molar-refractivity contribution >= 4 is 11.3 Å². The summed E-state index contributed by atoms with van der Waals surface area (Å²) in [7, 11) is 0. The van der Waals surface area contributed by atoms with Gasteiger partial charge in [-0.1, -0.05) is 6.08 Å². The molecule has 0 aliphatic rings. The minimum atomic E-state index is 0.843. The predicted molar refractivity (Wildman–Crippen MR) is 44.0 cm³/mol. The lowest BCUT2D eigenvalue weighted by Crippen LogP contribution is -2.12. The molecule has 1 aromatic rings. The molecule has 0 radical (unpaired) electrons. The van der Waals surface area contributed by atoms with E-state index in [1.807, 2.05) is 17.0 Å². The van der Waals surface area contributed by atoms with Gasteiger partial charge in [-0.25, -0.2) is 4.98 Å². The van der Waals surface area contributed by atoms with Gasteiger partial charge < -0.3 is 5.32 Å². The highest BCUT2D eigenvalue weighted by Crippen LogP contribution is 1.98. The molecule has 1 aromatic heterocycles. The summed E-state index contributed by atoms with van der Waals surface area (Å²) in [6, 6.07) is 0. The molecule has 54 valence electrons. The van der Waals surface area contributed by atoms with Crippen molar-refractivity contribution in [3.8, 4) is 0 Å². The molecule has 1 heterocycles. The molecule has 10 heavy (non-hydrogen) atoms. The zero-order chi connectivity index (χ0) is 7.23. The van der Waals surface area contributed by atoms with Crippen molar-refractivity contribution in [1.82, 2.24) is 10.3 Å². The SMILES string of the molecule is C=CCNCc1cscn1. The van der Waals surface area contributed by atoms with Gasteiger partial charge in [0.05, 0.1) is 11.2 Å². The van der Waals surface area contributed by atoms with Crippen LogP contribution in [0.3, 0.4) is 0 Å². The Hall–Kier alpha value is -0.670. The van der Waals surface area contributed by atoms with Crippen molar-refractivity contribution < 1.29 is 0 Å².